The van der Waals surface area contributed by atoms with Crippen LogP contribution in [0.4, 0.5) is 5.69 Å². The average Bonchev–Trinajstić information content (AvgIpc) is 2.72. The van der Waals surface area contributed by atoms with E-state index in [1.807, 2.05) is 23.1 Å². The maximum absolute atomic E-state index is 12.7. The molecule has 0 spiro atoms. The van der Waals surface area contributed by atoms with E-state index < -0.39 is 16.1 Å². The van der Waals surface area contributed by atoms with E-state index in [0.717, 1.165) is 5.56 Å². The minimum absolute atomic E-state index is 0.0281. The molecule has 1 saturated heterocycles. The Morgan fingerprint density at radius 3 is 2.23 bits per heavy atom. The van der Waals surface area contributed by atoms with Crippen LogP contribution in [0.2, 0.25) is 15.1 Å². The normalized spacial score (nSPS) is 16.9. The summed E-state index contributed by atoms with van der Waals surface area (Å²) < 4.78 is 26.9. The summed E-state index contributed by atoms with van der Waals surface area (Å²) in [5.41, 5.74) is 1.14. The van der Waals surface area contributed by atoms with Gasteiger partial charge >= 0.3 is 0 Å². The number of nitrogens with one attached hydrogen (secondary N) is 1. The lowest BCUT2D eigenvalue weighted by Gasteiger charge is -2.36. The van der Waals surface area contributed by atoms with Gasteiger partial charge in [0, 0.05) is 26.2 Å². The van der Waals surface area contributed by atoms with Crippen molar-refractivity contribution in [2.75, 3.05) is 31.5 Å². The molecular weight excluding hydrogens is 469 g/mol. The molecule has 1 heterocycles. The Hall–Kier alpha value is -1.35. The Morgan fingerprint density at radius 1 is 1.00 bits per heavy atom. The summed E-state index contributed by atoms with van der Waals surface area (Å²) in [4.78, 5) is 14.6. The van der Waals surface area contributed by atoms with Gasteiger partial charge in [0.25, 0.3) is 0 Å². The second kappa shape index (κ2) is 9.85. The zero-order chi connectivity index (χ0) is 21.9. The summed E-state index contributed by atoms with van der Waals surface area (Å²) in [6, 6.07) is 11.6. The van der Waals surface area contributed by atoms with Crippen LogP contribution >= 0.6 is 34.8 Å². The molecule has 0 aliphatic carbocycles. The largest absolute Gasteiger partial charge is 0.323 e. The van der Waals surface area contributed by atoms with Gasteiger partial charge in [-0.05, 0) is 24.6 Å². The van der Waals surface area contributed by atoms with Crippen molar-refractivity contribution in [2.24, 2.45) is 0 Å². The molecule has 1 N–H and O–H groups in total. The number of amides is 1. The number of carbonyl (C=O) groups is 1. The van der Waals surface area contributed by atoms with Crippen molar-refractivity contribution in [1.82, 2.24) is 9.21 Å². The molecule has 1 atom stereocenters. The zero-order valence-electron chi connectivity index (χ0n) is 16.3. The lowest BCUT2D eigenvalue weighted by Crippen LogP contribution is -2.54. The molecule has 3 rings (SSSR count). The van der Waals surface area contributed by atoms with Crippen molar-refractivity contribution in [3.8, 4) is 0 Å². The average molecular weight is 491 g/mol. The standard InChI is InChI=1S/C20H22Cl3N3O3S/c1-14(20(27)24-19-12-17(22)16(21)11-18(19)23)25-7-9-26(10-8-25)30(28,29)13-15-5-3-2-4-6-15/h2-6,11-12,14H,7-10,13H2,1H3,(H,24,27). The van der Waals surface area contributed by atoms with Crippen molar-refractivity contribution in [3.63, 3.8) is 0 Å². The number of anilines is 1. The highest BCUT2D eigenvalue weighted by molar-refractivity contribution is 7.88. The maximum Gasteiger partial charge on any atom is 0.241 e. The zero-order valence-corrected chi connectivity index (χ0v) is 19.4. The molecule has 1 aliphatic heterocycles. The highest BCUT2D eigenvalue weighted by Crippen LogP contribution is 2.32. The van der Waals surface area contributed by atoms with Gasteiger partial charge in [0.05, 0.1) is 32.5 Å². The highest BCUT2D eigenvalue weighted by atomic mass is 35.5. The van der Waals surface area contributed by atoms with Crippen LogP contribution in [0.3, 0.4) is 0 Å². The number of halogens is 3. The molecule has 1 unspecified atom stereocenters. The monoisotopic (exact) mass is 489 g/mol. The maximum atomic E-state index is 12.7. The van der Waals surface area contributed by atoms with Crippen LogP contribution in [0, 0.1) is 0 Å². The number of hydrogen-bond donors (Lipinski definition) is 1. The topological polar surface area (TPSA) is 69.7 Å². The van der Waals surface area contributed by atoms with Gasteiger partial charge in [-0.2, -0.15) is 4.31 Å². The molecule has 0 radical (unpaired) electrons. The summed E-state index contributed by atoms with van der Waals surface area (Å²) in [5, 5.41) is 3.65. The molecule has 1 aliphatic rings. The van der Waals surface area contributed by atoms with Gasteiger partial charge in [-0.15, -0.1) is 0 Å². The van der Waals surface area contributed by atoms with Crippen LogP contribution < -0.4 is 5.32 Å². The van der Waals surface area contributed by atoms with Crippen molar-refractivity contribution in [2.45, 2.75) is 18.7 Å². The van der Waals surface area contributed by atoms with Crippen LogP contribution in [0.5, 0.6) is 0 Å². The Kier molecular flexibility index (Phi) is 7.66. The van der Waals surface area contributed by atoms with Gasteiger partial charge in [0.1, 0.15) is 0 Å². The van der Waals surface area contributed by atoms with E-state index >= 15 is 0 Å². The lowest BCUT2D eigenvalue weighted by atomic mass is 10.2. The Morgan fingerprint density at radius 2 is 1.60 bits per heavy atom. The predicted molar refractivity (Wildman–Crippen MR) is 122 cm³/mol. The predicted octanol–water partition coefficient (Wildman–Crippen LogP) is 4.12. The fourth-order valence-corrected chi connectivity index (χ4v) is 5.38. The van der Waals surface area contributed by atoms with Gasteiger partial charge in [-0.1, -0.05) is 65.1 Å². The second-order valence-corrected chi connectivity index (χ2v) is 10.3. The first kappa shape index (κ1) is 23.3. The Labute approximate surface area is 191 Å². The van der Waals surface area contributed by atoms with Gasteiger partial charge in [-0.3, -0.25) is 9.69 Å². The van der Waals surface area contributed by atoms with E-state index in [1.165, 1.54) is 16.4 Å². The fourth-order valence-electron chi connectivity index (χ4n) is 3.27. The Bertz CT molecular complexity index is 1010. The summed E-state index contributed by atoms with van der Waals surface area (Å²) >= 11 is 18.0. The summed E-state index contributed by atoms with van der Waals surface area (Å²) in [6.45, 7) is 3.35. The van der Waals surface area contributed by atoms with Crippen LogP contribution in [0.15, 0.2) is 42.5 Å². The number of nitrogens with zero attached hydrogens (tertiary/aromatic N) is 2. The van der Waals surface area contributed by atoms with Crippen LogP contribution in [-0.4, -0.2) is 55.8 Å². The highest BCUT2D eigenvalue weighted by Gasteiger charge is 2.31. The number of sulfonamides is 1. The number of benzene rings is 2. The first-order chi connectivity index (χ1) is 14.2. The van der Waals surface area contributed by atoms with Crippen molar-refractivity contribution in [1.29, 1.82) is 0 Å². The summed E-state index contributed by atoms with van der Waals surface area (Å²) in [7, 11) is -3.41. The van der Waals surface area contributed by atoms with Crippen molar-refractivity contribution >= 4 is 56.4 Å². The molecule has 1 amide bonds. The lowest BCUT2D eigenvalue weighted by molar-refractivity contribution is -0.121. The summed E-state index contributed by atoms with van der Waals surface area (Å²) in [5.74, 6) is -0.282. The smallest absolute Gasteiger partial charge is 0.241 e. The van der Waals surface area contributed by atoms with Gasteiger partial charge in [0.2, 0.25) is 15.9 Å². The minimum atomic E-state index is -3.41. The van der Waals surface area contributed by atoms with E-state index in [-0.39, 0.29) is 11.7 Å². The molecule has 162 valence electrons. The van der Waals surface area contributed by atoms with Crippen molar-refractivity contribution in [3.05, 3.63) is 63.1 Å². The molecule has 6 nitrogen and oxygen atoms in total. The summed E-state index contributed by atoms with van der Waals surface area (Å²) in [6.07, 6.45) is 0. The molecule has 30 heavy (non-hydrogen) atoms. The quantitative estimate of drug-likeness (QED) is 0.618. The number of hydrogen-bond acceptors (Lipinski definition) is 4. The number of carbonyl (C=O) groups excluding carboxylic acids is 1. The van der Waals surface area contributed by atoms with Gasteiger partial charge < -0.3 is 5.32 Å². The third-order valence-corrected chi connectivity index (χ3v) is 7.94. The van der Waals surface area contributed by atoms with E-state index in [9.17, 15) is 13.2 Å². The van der Waals surface area contributed by atoms with Crippen LogP contribution in [0.25, 0.3) is 0 Å². The molecule has 0 aromatic heterocycles. The third-order valence-electron chi connectivity index (χ3n) is 5.05. The molecule has 1 fully saturated rings. The molecule has 2 aromatic rings. The van der Waals surface area contributed by atoms with E-state index in [1.54, 1.807) is 19.1 Å². The molecular formula is C20H22Cl3N3O3S. The van der Waals surface area contributed by atoms with E-state index in [4.69, 9.17) is 34.8 Å². The molecule has 10 heteroatoms. The Balaban J connectivity index is 1.57. The fraction of sp³-hybridized carbons (Fsp3) is 0.350. The van der Waals surface area contributed by atoms with Crippen LogP contribution in [-0.2, 0) is 20.6 Å². The van der Waals surface area contributed by atoms with Crippen molar-refractivity contribution < 1.29 is 13.2 Å². The second-order valence-electron chi connectivity index (χ2n) is 7.09. The van der Waals surface area contributed by atoms with Gasteiger partial charge in [0.15, 0.2) is 0 Å². The first-order valence-corrected chi connectivity index (χ1v) is 12.1. The molecule has 0 saturated carbocycles. The minimum Gasteiger partial charge on any atom is -0.323 e. The van der Waals surface area contributed by atoms with Gasteiger partial charge in [-0.25, -0.2) is 8.42 Å². The van der Waals surface area contributed by atoms with E-state index in [0.29, 0.717) is 46.9 Å². The molecule has 0 bridgehead atoms. The third kappa shape index (κ3) is 5.66. The van der Waals surface area contributed by atoms with Crippen LogP contribution in [0.1, 0.15) is 12.5 Å². The molecule has 2 aromatic carbocycles. The number of rotatable bonds is 6. The SMILES string of the molecule is CC(C(=O)Nc1cc(Cl)c(Cl)cc1Cl)N1CCN(S(=O)(=O)Cc2ccccc2)CC1. The van der Waals surface area contributed by atoms with E-state index in [2.05, 4.69) is 5.32 Å². The first-order valence-electron chi connectivity index (χ1n) is 9.38. The number of piperazine rings is 1.